The molecule has 0 aliphatic heterocycles. The smallest absolute Gasteiger partial charge is 0.550 e. The summed E-state index contributed by atoms with van der Waals surface area (Å²) in [5.74, 6) is -2.17. The van der Waals surface area contributed by atoms with E-state index in [0.29, 0.717) is 15.8 Å². The second kappa shape index (κ2) is 63.5. The van der Waals surface area contributed by atoms with E-state index in [1.54, 1.807) is 69.1 Å². The first-order chi connectivity index (χ1) is 29.7. The number of carbonyl (C=O) groups excluding carboxylic acids is 2. The molecule has 0 bridgehead atoms. The van der Waals surface area contributed by atoms with Crippen molar-refractivity contribution in [3.63, 3.8) is 0 Å². The summed E-state index contributed by atoms with van der Waals surface area (Å²) >= 11 is 0. The van der Waals surface area contributed by atoms with Gasteiger partial charge in [0.1, 0.15) is 0 Å². The Morgan fingerprint density at radius 2 is 0.371 bits per heavy atom. The standard InChI is InChI=1S/C51H106P2.2C2H4O2.Pd/c1-5-9-13-17-21-25-29-33-37-41-46-52(47-42-38-34-30-26-22-18-14-10-6-2)50-45-51-53(48-43-39-35-31-27-23-19-15-11-7-3)49-44-40-36-32-28-24-20-16-12-8-4;2*1-2(3)4;/h5-51H2,1-4H3;2*1H3,(H,3,4);/q;;;+2/p-2. The second-order valence-corrected chi connectivity index (χ2v) is 24.1. The summed E-state index contributed by atoms with van der Waals surface area (Å²) in [6.07, 6.45) is 70.7. The minimum absolute atomic E-state index is 0. The molecule has 0 fully saturated rings. The summed E-state index contributed by atoms with van der Waals surface area (Å²) in [4.78, 5) is 17.8. The van der Waals surface area contributed by atoms with Crippen LogP contribution in [0.15, 0.2) is 0 Å². The average molecular weight is 1010 g/mol. The van der Waals surface area contributed by atoms with Gasteiger partial charge < -0.3 is 19.8 Å². The fraction of sp³-hybridized carbons (Fsp3) is 0.964. The average Bonchev–Trinajstić information content (AvgIpc) is 3.22. The van der Waals surface area contributed by atoms with Crippen LogP contribution in [0.2, 0.25) is 0 Å². The first-order valence-corrected chi connectivity index (χ1v) is 31.3. The Morgan fingerprint density at radius 3 is 0.516 bits per heavy atom. The molecule has 0 saturated carbocycles. The molecule has 7 heteroatoms. The van der Waals surface area contributed by atoms with Crippen LogP contribution in [0.1, 0.15) is 305 Å². The van der Waals surface area contributed by atoms with Crippen LogP contribution >= 0.6 is 15.8 Å². The molecule has 0 spiro atoms. The van der Waals surface area contributed by atoms with Gasteiger partial charge in [-0.1, -0.05) is 259 Å². The van der Waals surface area contributed by atoms with Gasteiger partial charge in [-0.05, 0) is 82.9 Å². The minimum Gasteiger partial charge on any atom is -0.550 e. The Bertz CT molecular complexity index is 696. The molecule has 0 amide bonds. The summed E-state index contributed by atoms with van der Waals surface area (Å²) in [6, 6.07) is 0. The van der Waals surface area contributed by atoms with Crippen molar-refractivity contribution in [2.24, 2.45) is 0 Å². The Hall–Kier alpha value is 0.462. The van der Waals surface area contributed by atoms with Crippen molar-refractivity contribution in [2.45, 2.75) is 305 Å². The molecule has 4 nitrogen and oxygen atoms in total. The maximum Gasteiger partial charge on any atom is 2.00 e. The number of aliphatic carboxylic acids is 2. The van der Waals surface area contributed by atoms with Crippen molar-refractivity contribution < 1.29 is 40.2 Å². The zero-order valence-electron chi connectivity index (χ0n) is 43.1. The third-order valence-electron chi connectivity index (χ3n) is 12.3. The zero-order chi connectivity index (χ0) is 45.5. The monoisotopic (exact) mass is 1000 g/mol. The van der Waals surface area contributed by atoms with E-state index < -0.39 is 11.9 Å². The van der Waals surface area contributed by atoms with Crippen LogP contribution in [0.5, 0.6) is 0 Å². The van der Waals surface area contributed by atoms with Crippen LogP contribution in [0, 0.1) is 0 Å². The number of carboxylic acid groups (broad SMARTS) is 2. The molecule has 0 heterocycles. The van der Waals surface area contributed by atoms with Gasteiger partial charge in [0, 0.05) is 11.9 Å². The van der Waals surface area contributed by atoms with Crippen molar-refractivity contribution >= 4 is 27.8 Å². The van der Waals surface area contributed by atoms with E-state index in [0.717, 1.165) is 13.8 Å². The summed E-state index contributed by atoms with van der Waals surface area (Å²) < 4.78 is 0. The fourth-order valence-electron chi connectivity index (χ4n) is 8.48. The number of rotatable bonds is 48. The zero-order valence-corrected chi connectivity index (χ0v) is 46.4. The van der Waals surface area contributed by atoms with Crippen molar-refractivity contribution in [1.82, 2.24) is 0 Å². The normalized spacial score (nSPS) is 11.0. The number of hydrogen-bond donors (Lipinski definition) is 0. The largest absolute Gasteiger partial charge is 2.00 e. The van der Waals surface area contributed by atoms with Crippen molar-refractivity contribution in [3.8, 4) is 0 Å². The first kappa shape index (κ1) is 69.0. The van der Waals surface area contributed by atoms with Gasteiger partial charge in [-0.3, -0.25) is 0 Å². The van der Waals surface area contributed by atoms with Gasteiger partial charge >= 0.3 is 20.4 Å². The van der Waals surface area contributed by atoms with Crippen molar-refractivity contribution in [1.29, 1.82) is 0 Å². The molecule has 0 N–H and O–H groups in total. The number of unbranched alkanes of at least 4 members (excludes halogenated alkanes) is 36. The molecule has 0 rings (SSSR count). The molecule has 0 saturated heterocycles. The first-order valence-electron chi connectivity index (χ1n) is 27.5. The van der Waals surface area contributed by atoms with Crippen LogP contribution in [-0.2, 0) is 30.0 Å². The molecule has 376 valence electrons. The Morgan fingerprint density at radius 1 is 0.258 bits per heavy atom. The van der Waals surface area contributed by atoms with Gasteiger partial charge in [-0.2, -0.15) is 0 Å². The minimum atomic E-state index is -1.08. The third kappa shape index (κ3) is 72.1. The Kier molecular flexibility index (Phi) is 70.8. The van der Waals surface area contributed by atoms with Gasteiger partial charge in [-0.15, -0.1) is 15.8 Å². The van der Waals surface area contributed by atoms with Crippen LogP contribution in [0.25, 0.3) is 0 Å². The van der Waals surface area contributed by atoms with E-state index in [4.69, 9.17) is 19.8 Å². The van der Waals surface area contributed by atoms with Crippen molar-refractivity contribution in [2.75, 3.05) is 37.0 Å². The molecule has 0 aromatic heterocycles. The van der Waals surface area contributed by atoms with Gasteiger partial charge in [-0.25, -0.2) is 0 Å². The van der Waals surface area contributed by atoms with E-state index in [2.05, 4.69) is 27.7 Å². The number of hydrogen-bond acceptors (Lipinski definition) is 4. The SMILES string of the molecule is CC(=O)[O-].CC(=O)[O-].CCCCCCCCCCCCP(CCCCCCCCCCCC)CCCP(CCCCCCCCCCCC)CCCCCCCCCCCC.[Pd+2]. The molecule has 0 aliphatic carbocycles. The summed E-state index contributed by atoms with van der Waals surface area (Å²) in [7, 11) is 0.584. The van der Waals surface area contributed by atoms with Crippen LogP contribution in [-0.4, -0.2) is 48.9 Å². The summed E-state index contributed by atoms with van der Waals surface area (Å²) in [5.41, 5.74) is 0. The van der Waals surface area contributed by atoms with Crippen LogP contribution in [0.4, 0.5) is 0 Å². The molecule has 0 aliphatic rings. The van der Waals surface area contributed by atoms with E-state index in [-0.39, 0.29) is 20.4 Å². The van der Waals surface area contributed by atoms with E-state index in [9.17, 15) is 0 Å². The third-order valence-corrected chi connectivity index (χ3v) is 18.0. The molecule has 0 aromatic carbocycles. The van der Waals surface area contributed by atoms with Crippen molar-refractivity contribution in [3.05, 3.63) is 0 Å². The predicted molar refractivity (Wildman–Crippen MR) is 276 cm³/mol. The fourth-order valence-corrected chi connectivity index (χ4v) is 14.0. The molecular weight excluding hydrogens is 893 g/mol. The molecule has 62 heavy (non-hydrogen) atoms. The molecule has 0 radical (unpaired) electrons. The van der Waals surface area contributed by atoms with Crippen LogP contribution in [0.3, 0.4) is 0 Å². The Balaban J connectivity index is -0.00000171. The summed E-state index contributed by atoms with van der Waals surface area (Å²) in [6.45, 7) is 11.3. The quantitative estimate of drug-likeness (QED) is 0.0346. The maximum atomic E-state index is 8.89. The topological polar surface area (TPSA) is 80.3 Å². The maximum absolute atomic E-state index is 8.89. The van der Waals surface area contributed by atoms with Crippen LogP contribution < -0.4 is 10.2 Å². The molecular formula is C55H112O4P2Pd. The molecule has 0 unspecified atom stereocenters. The number of carboxylic acids is 2. The van der Waals surface area contributed by atoms with E-state index >= 15 is 0 Å². The number of carbonyl (C=O) groups is 2. The van der Waals surface area contributed by atoms with Gasteiger partial charge in [0.15, 0.2) is 0 Å². The predicted octanol–water partition coefficient (Wildman–Crippen LogP) is 17.5. The Labute approximate surface area is 407 Å². The van der Waals surface area contributed by atoms with Gasteiger partial charge in [0.2, 0.25) is 0 Å². The molecule has 0 aromatic rings. The molecule has 0 atom stereocenters. The second-order valence-electron chi connectivity index (χ2n) is 18.7. The van der Waals surface area contributed by atoms with E-state index in [1.165, 1.54) is 231 Å². The van der Waals surface area contributed by atoms with Gasteiger partial charge in [0.05, 0.1) is 0 Å². The summed E-state index contributed by atoms with van der Waals surface area (Å²) in [5, 5.41) is 17.8. The van der Waals surface area contributed by atoms with Gasteiger partial charge in [0.25, 0.3) is 0 Å². The van der Waals surface area contributed by atoms with E-state index in [1.807, 2.05) is 0 Å².